The Balaban J connectivity index is 2.85. The van der Waals surface area contributed by atoms with Crippen LogP contribution in [0.2, 0.25) is 0 Å². The Hall–Kier alpha value is -0.715. The van der Waals surface area contributed by atoms with E-state index in [9.17, 15) is 0 Å². The molecule has 13 heavy (non-hydrogen) atoms. The second-order valence-corrected chi connectivity index (χ2v) is 3.26. The summed E-state index contributed by atoms with van der Waals surface area (Å²) in [4.78, 5) is 4.03. The van der Waals surface area contributed by atoms with Crippen molar-refractivity contribution in [2.24, 2.45) is 0 Å². The molecule has 0 unspecified atom stereocenters. The first-order chi connectivity index (χ1) is 6.13. The van der Waals surface area contributed by atoms with Gasteiger partial charge < -0.3 is 14.7 Å². The summed E-state index contributed by atoms with van der Waals surface area (Å²) in [6.45, 7) is 1.82. The summed E-state index contributed by atoms with van der Waals surface area (Å²) in [6.07, 6.45) is 3.39. The van der Waals surface area contributed by atoms with Gasteiger partial charge in [0, 0.05) is 0 Å². The first-order valence-corrected chi connectivity index (χ1v) is 4.89. The van der Waals surface area contributed by atoms with Crippen molar-refractivity contribution in [3.8, 4) is 5.75 Å². The highest BCUT2D eigenvalue weighted by Crippen LogP contribution is 2.21. The molecule has 1 aromatic rings. The highest BCUT2D eigenvalue weighted by atomic mass is 32.2. The van der Waals surface area contributed by atoms with E-state index in [1.54, 1.807) is 0 Å². The monoisotopic (exact) mass is 199 g/mol. The predicted molar refractivity (Wildman–Crippen MR) is 51.6 cm³/mol. The number of nitrogens with zero attached hydrogens (tertiary/aromatic N) is 1. The van der Waals surface area contributed by atoms with Crippen molar-refractivity contribution in [1.29, 1.82) is 0 Å². The van der Waals surface area contributed by atoms with Crippen molar-refractivity contribution in [2.75, 3.05) is 6.26 Å². The molecule has 4 nitrogen and oxygen atoms in total. The smallest absolute Gasteiger partial charge is 0.510 e. The lowest BCUT2D eigenvalue weighted by Gasteiger charge is -2.07. The maximum absolute atomic E-state index is 8.56. The third-order valence-corrected chi connectivity index (χ3v) is 2.12. The van der Waals surface area contributed by atoms with E-state index in [2.05, 4.69) is 9.64 Å². The van der Waals surface area contributed by atoms with Crippen LogP contribution in [-0.2, 0) is 0 Å². The normalized spacial score (nSPS) is 9.85. The van der Waals surface area contributed by atoms with Gasteiger partial charge in [0.15, 0.2) is 0 Å². The number of aryl methyl sites for hydroxylation is 1. The molecule has 70 valence electrons. The average Bonchev–Trinajstić information content (AvgIpc) is 2.08. The Morgan fingerprint density at radius 3 is 2.69 bits per heavy atom. The fraction of sp³-hybridized carbons (Fsp3) is 0.286. The zero-order valence-electron chi connectivity index (χ0n) is 7.39. The largest absolute Gasteiger partial charge is 0.707 e. The van der Waals surface area contributed by atoms with Gasteiger partial charge in [-0.15, -0.1) is 11.8 Å². The van der Waals surface area contributed by atoms with E-state index in [1.807, 2.05) is 19.2 Å². The van der Waals surface area contributed by atoms with Gasteiger partial charge in [0.25, 0.3) is 0 Å². The fourth-order valence-corrected chi connectivity index (χ4v) is 1.32. The maximum atomic E-state index is 8.56. The summed E-state index contributed by atoms with van der Waals surface area (Å²) in [7, 11) is -1.79. The molecule has 0 fully saturated rings. The highest BCUT2D eigenvalue weighted by Gasteiger charge is 2.13. The van der Waals surface area contributed by atoms with Crippen LogP contribution >= 0.6 is 11.8 Å². The lowest BCUT2D eigenvalue weighted by Crippen LogP contribution is -2.21. The van der Waals surface area contributed by atoms with Gasteiger partial charge in [-0.1, -0.05) is 0 Å². The molecule has 0 spiro atoms. The molecule has 0 radical (unpaired) electrons. The van der Waals surface area contributed by atoms with E-state index in [0.29, 0.717) is 5.75 Å². The molecule has 2 N–H and O–H groups in total. The van der Waals surface area contributed by atoms with Crippen LogP contribution in [0, 0.1) is 6.92 Å². The first-order valence-electron chi connectivity index (χ1n) is 3.67. The number of aromatic nitrogens is 1. The van der Waals surface area contributed by atoms with Crippen molar-refractivity contribution in [1.82, 2.24) is 4.98 Å². The van der Waals surface area contributed by atoms with E-state index in [4.69, 9.17) is 10.0 Å². The molecular weight excluding hydrogens is 189 g/mol. The van der Waals surface area contributed by atoms with Gasteiger partial charge in [-0.05, 0) is 24.8 Å². The van der Waals surface area contributed by atoms with Crippen molar-refractivity contribution < 1.29 is 14.7 Å². The van der Waals surface area contributed by atoms with Crippen molar-refractivity contribution in [2.45, 2.75) is 11.9 Å². The summed E-state index contributed by atoms with van der Waals surface area (Å²) < 4.78 is 4.68. The molecule has 6 heteroatoms. The minimum atomic E-state index is -1.79. The summed E-state index contributed by atoms with van der Waals surface area (Å²) >= 11 is 1.52. The minimum absolute atomic E-state index is 0.382. The molecule has 0 amide bonds. The van der Waals surface area contributed by atoms with Gasteiger partial charge in [0.2, 0.25) is 0 Å². The number of pyridine rings is 1. The van der Waals surface area contributed by atoms with Crippen LogP contribution in [0.15, 0.2) is 17.3 Å². The number of hydrogen-bond acceptors (Lipinski definition) is 5. The summed E-state index contributed by atoms with van der Waals surface area (Å²) in [5, 5.41) is 18.0. The van der Waals surface area contributed by atoms with E-state index >= 15 is 0 Å². The molecule has 0 atom stereocenters. The third kappa shape index (κ3) is 2.91. The molecule has 0 aliphatic rings. The number of hydrogen-bond donors (Lipinski definition) is 2. The number of thioether (sulfide) groups is 1. The van der Waals surface area contributed by atoms with Crippen LogP contribution in [0.5, 0.6) is 5.75 Å². The van der Waals surface area contributed by atoms with Crippen molar-refractivity contribution >= 4 is 19.1 Å². The van der Waals surface area contributed by atoms with Gasteiger partial charge >= 0.3 is 7.32 Å². The standard InChI is InChI=1S/C7H10BNO3S/c1-5-3-7(13-2)9-4-6(5)12-8(10)11/h3-4,10-11H,1-2H3. The Morgan fingerprint density at radius 1 is 1.54 bits per heavy atom. The lowest BCUT2D eigenvalue weighted by molar-refractivity contribution is 0.286. The third-order valence-electron chi connectivity index (χ3n) is 1.48. The molecule has 0 aliphatic carbocycles. The first kappa shape index (κ1) is 10.4. The summed E-state index contributed by atoms with van der Waals surface area (Å²) in [6, 6.07) is 1.82. The van der Waals surface area contributed by atoms with Crippen molar-refractivity contribution in [3.63, 3.8) is 0 Å². The maximum Gasteiger partial charge on any atom is 0.707 e. The van der Waals surface area contributed by atoms with Gasteiger partial charge in [-0.25, -0.2) is 4.98 Å². The molecule has 1 heterocycles. The second-order valence-electron chi connectivity index (χ2n) is 2.44. The van der Waals surface area contributed by atoms with E-state index in [1.165, 1.54) is 18.0 Å². The SMILES string of the molecule is CSc1cc(C)c(OB(O)O)cn1. The summed E-state index contributed by atoms with van der Waals surface area (Å²) in [5.74, 6) is 0.382. The van der Waals surface area contributed by atoms with Crippen LogP contribution in [0.1, 0.15) is 5.56 Å². The van der Waals surface area contributed by atoms with Crippen LogP contribution in [0.4, 0.5) is 0 Å². The van der Waals surface area contributed by atoms with Crippen LogP contribution in [0.3, 0.4) is 0 Å². The van der Waals surface area contributed by atoms with E-state index < -0.39 is 7.32 Å². The Bertz CT molecular complexity index is 295. The van der Waals surface area contributed by atoms with Crippen molar-refractivity contribution in [3.05, 3.63) is 17.8 Å². The molecule has 0 aliphatic heterocycles. The van der Waals surface area contributed by atoms with Crippen LogP contribution in [0.25, 0.3) is 0 Å². The molecule has 0 bridgehead atoms. The molecule has 0 saturated carbocycles. The van der Waals surface area contributed by atoms with Gasteiger partial charge in [0.05, 0.1) is 11.2 Å². The molecule has 1 aromatic heterocycles. The lowest BCUT2D eigenvalue weighted by atomic mass is 10.2. The average molecular weight is 199 g/mol. The highest BCUT2D eigenvalue weighted by molar-refractivity contribution is 7.98. The zero-order chi connectivity index (χ0) is 9.84. The molecule has 0 saturated heterocycles. The molecular formula is C7H10BNO3S. The molecule has 0 aromatic carbocycles. The minimum Gasteiger partial charge on any atom is -0.510 e. The van der Waals surface area contributed by atoms with Gasteiger partial charge in [-0.2, -0.15) is 0 Å². The van der Waals surface area contributed by atoms with Gasteiger partial charge in [-0.3, -0.25) is 0 Å². The Labute approximate surface area is 81.1 Å². The summed E-state index contributed by atoms with van der Waals surface area (Å²) in [5.41, 5.74) is 0.826. The quantitative estimate of drug-likeness (QED) is 0.546. The number of rotatable bonds is 3. The fourth-order valence-electron chi connectivity index (χ4n) is 0.866. The second kappa shape index (κ2) is 4.50. The van der Waals surface area contributed by atoms with Crippen LogP contribution in [-0.4, -0.2) is 28.6 Å². The predicted octanol–water partition coefficient (Wildman–Crippen LogP) is 0.460. The molecule has 1 rings (SSSR count). The topological polar surface area (TPSA) is 62.6 Å². The van der Waals surface area contributed by atoms with Gasteiger partial charge in [0.1, 0.15) is 5.75 Å². The van der Waals surface area contributed by atoms with E-state index in [0.717, 1.165) is 10.6 Å². The zero-order valence-corrected chi connectivity index (χ0v) is 8.21. The van der Waals surface area contributed by atoms with Crippen LogP contribution < -0.4 is 4.65 Å². The Kier molecular flexibility index (Phi) is 3.59. The van der Waals surface area contributed by atoms with E-state index in [-0.39, 0.29) is 0 Å². The Morgan fingerprint density at radius 2 is 2.23 bits per heavy atom.